The number of nitrogens with zero attached hydrogens (tertiary/aromatic N) is 2. The number of aromatic amines is 1. The number of hydrogen-bond acceptors (Lipinski definition) is 2. The lowest BCUT2D eigenvalue weighted by atomic mass is 9.97. The minimum Gasteiger partial charge on any atom is -0.330 e. The number of H-pyrrole nitrogens is 1. The van der Waals surface area contributed by atoms with E-state index in [4.69, 9.17) is 0 Å². The Kier molecular flexibility index (Phi) is 1.96. The molecule has 0 bridgehead atoms. The summed E-state index contributed by atoms with van der Waals surface area (Å²) in [6.45, 7) is 2.01. The lowest BCUT2D eigenvalue weighted by Gasteiger charge is -2.13. The van der Waals surface area contributed by atoms with Crippen molar-refractivity contribution in [1.29, 1.82) is 0 Å². The van der Waals surface area contributed by atoms with E-state index in [1.54, 1.807) is 12.4 Å². The van der Waals surface area contributed by atoms with Crippen LogP contribution in [0.4, 0.5) is 0 Å². The van der Waals surface area contributed by atoms with E-state index in [1.807, 2.05) is 17.6 Å². The molecule has 0 radical (unpaired) electrons. The number of fused-ring (bicyclic) bond motifs is 1. The van der Waals surface area contributed by atoms with Crippen molar-refractivity contribution in [2.45, 2.75) is 26.2 Å². The Morgan fingerprint density at radius 3 is 3.06 bits per heavy atom. The first-order valence-electron chi connectivity index (χ1n) is 5.51. The first-order chi connectivity index (χ1) is 7.77. The standard InChI is InChI=1S/C12H13N3O/c1-8-7-9-10(3-2-4-11(9)16)15(8)12-13-5-6-14-12/h5-7H,2-4H2,1H3,(H,13,14). The predicted octanol–water partition coefficient (Wildman–Crippen LogP) is 2.03. The average Bonchev–Trinajstić information content (AvgIpc) is 2.85. The summed E-state index contributed by atoms with van der Waals surface area (Å²) in [5.41, 5.74) is 3.04. The van der Waals surface area contributed by atoms with E-state index in [9.17, 15) is 4.79 Å². The van der Waals surface area contributed by atoms with Crippen molar-refractivity contribution in [2.75, 3.05) is 0 Å². The molecular weight excluding hydrogens is 202 g/mol. The Labute approximate surface area is 93.3 Å². The van der Waals surface area contributed by atoms with Gasteiger partial charge >= 0.3 is 0 Å². The fraction of sp³-hybridized carbons (Fsp3) is 0.333. The SMILES string of the molecule is Cc1cc2c(n1-c1ncc[nH]1)CCCC2=O. The van der Waals surface area contributed by atoms with Crippen LogP contribution in [0.1, 0.15) is 34.6 Å². The Bertz CT molecular complexity index is 537. The van der Waals surface area contributed by atoms with Gasteiger partial charge in [0.25, 0.3) is 0 Å². The first kappa shape index (κ1) is 9.39. The van der Waals surface area contributed by atoms with Gasteiger partial charge in [-0.3, -0.25) is 9.36 Å². The van der Waals surface area contributed by atoms with E-state index >= 15 is 0 Å². The molecule has 0 aromatic carbocycles. The summed E-state index contributed by atoms with van der Waals surface area (Å²) >= 11 is 0. The lowest BCUT2D eigenvalue weighted by molar-refractivity contribution is 0.0972. The molecule has 2 heterocycles. The van der Waals surface area contributed by atoms with E-state index in [2.05, 4.69) is 9.97 Å². The lowest BCUT2D eigenvalue weighted by Crippen LogP contribution is -2.13. The number of Topliss-reactive ketones (excluding diaryl/α,β-unsaturated/α-hetero) is 1. The maximum absolute atomic E-state index is 11.8. The molecule has 0 unspecified atom stereocenters. The fourth-order valence-corrected chi connectivity index (χ4v) is 2.40. The van der Waals surface area contributed by atoms with Crippen molar-refractivity contribution in [3.63, 3.8) is 0 Å². The van der Waals surface area contributed by atoms with Gasteiger partial charge in [-0.25, -0.2) is 4.98 Å². The molecule has 0 fully saturated rings. The Morgan fingerprint density at radius 2 is 2.31 bits per heavy atom. The zero-order valence-corrected chi connectivity index (χ0v) is 9.16. The molecule has 1 N–H and O–H groups in total. The highest BCUT2D eigenvalue weighted by Gasteiger charge is 2.23. The van der Waals surface area contributed by atoms with Gasteiger partial charge in [0, 0.05) is 35.8 Å². The van der Waals surface area contributed by atoms with Gasteiger partial charge in [-0.05, 0) is 25.8 Å². The van der Waals surface area contributed by atoms with Gasteiger partial charge in [0.2, 0.25) is 5.95 Å². The molecule has 0 aliphatic heterocycles. The molecule has 0 saturated carbocycles. The van der Waals surface area contributed by atoms with Gasteiger partial charge in [-0.1, -0.05) is 0 Å². The molecule has 2 aromatic heterocycles. The molecule has 2 aromatic rings. The Balaban J connectivity index is 2.23. The molecular formula is C12H13N3O. The van der Waals surface area contributed by atoms with Crippen LogP contribution in [-0.4, -0.2) is 20.3 Å². The second-order valence-electron chi connectivity index (χ2n) is 4.17. The van der Waals surface area contributed by atoms with Gasteiger partial charge in [0.15, 0.2) is 5.78 Å². The largest absolute Gasteiger partial charge is 0.330 e. The fourth-order valence-electron chi connectivity index (χ4n) is 2.40. The summed E-state index contributed by atoms with van der Waals surface area (Å²) in [7, 11) is 0. The number of aromatic nitrogens is 3. The van der Waals surface area contributed by atoms with E-state index in [-0.39, 0.29) is 5.78 Å². The number of imidazole rings is 1. The molecule has 1 aliphatic rings. The highest BCUT2D eigenvalue weighted by atomic mass is 16.1. The minimum atomic E-state index is 0.259. The topological polar surface area (TPSA) is 50.7 Å². The maximum atomic E-state index is 11.8. The van der Waals surface area contributed by atoms with Crippen LogP contribution in [0.5, 0.6) is 0 Å². The zero-order valence-electron chi connectivity index (χ0n) is 9.16. The Morgan fingerprint density at radius 1 is 1.44 bits per heavy atom. The van der Waals surface area contributed by atoms with Gasteiger partial charge in [-0.15, -0.1) is 0 Å². The number of rotatable bonds is 1. The summed E-state index contributed by atoms with van der Waals surface area (Å²) in [5.74, 6) is 1.06. The van der Waals surface area contributed by atoms with Crippen LogP contribution in [0.15, 0.2) is 18.5 Å². The van der Waals surface area contributed by atoms with Crippen molar-refractivity contribution in [3.8, 4) is 5.95 Å². The highest BCUT2D eigenvalue weighted by Crippen LogP contribution is 2.26. The summed E-state index contributed by atoms with van der Waals surface area (Å²) < 4.78 is 2.05. The van der Waals surface area contributed by atoms with Crippen LogP contribution in [0.25, 0.3) is 5.95 Å². The van der Waals surface area contributed by atoms with Crippen molar-refractivity contribution in [2.24, 2.45) is 0 Å². The quantitative estimate of drug-likeness (QED) is 0.791. The number of carbonyl (C=O) groups excluding carboxylic acids is 1. The van der Waals surface area contributed by atoms with Crippen LogP contribution in [0, 0.1) is 6.92 Å². The van der Waals surface area contributed by atoms with Gasteiger partial charge < -0.3 is 4.98 Å². The van der Waals surface area contributed by atoms with Crippen LogP contribution in [-0.2, 0) is 6.42 Å². The number of hydrogen-bond donors (Lipinski definition) is 1. The van der Waals surface area contributed by atoms with Gasteiger partial charge in [-0.2, -0.15) is 0 Å². The third-order valence-corrected chi connectivity index (χ3v) is 3.10. The first-order valence-corrected chi connectivity index (χ1v) is 5.51. The smallest absolute Gasteiger partial charge is 0.211 e. The molecule has 4 heteroatoms. The van der Waals surface area contributed by atoms with Crippen molar-refractivity contribution >= 4 is 5.78 Å². The number of carbonyl (C=O) groups is 1. The van der Waals surface area contributed by atoms with Gasteiger partial charge in [0.05, 0.1) is 0 Å². The second kappa shape index (κ2) is 3.33. The van der Waals surface area contributed by atoms with Crippen molar-refractivity contribution in [1.82, 2.24) is 14.5 Å². The van der Waals surface area contributed by atoms with E-state index in [1.165, 1.54) is 0 Å². The third kappa shape index (κ3) is 1.23. The Hall–Kier alpha value is -1.84. The molecule has 16 heavy (non-hydrogen) atoms. The second-order valence-corrected chi connectivity index (χ2v) is 4.17. The summed E-state index contributed by atoms with van der Waals surface area (Å²) in [6.07, 6.45) is 6.10. The van der Waals surface area contributed by atoms with Crippen molar-refractivity contribution in [3.05, 3.63) is 35.4 Å². The molecule has 82 valence electrons. The molecule has 0 amide bonds. The molecule has 1 aliphatic carbocycles. The van der Waals surface area contributed by atoms with E-state index < -0.39 is 0 Å². The number of aryl methyl sites for hydroxylation is 1. The highest BCUT2D eigenvalue weighted by molar-refractivity contribution is 5.98. The summed E-state index contributed by atoms with van der Waals surface area (Å²) in [6, 6.07) is 1.97. The zero-order chi connectivity index (χ0) is 11.1. The molecule has 0 saturated heterocycles. The molecule has 0 atom stereocenters. The summed E-state index contributed by atoms with van der Waals surface area (Å²) in [4.78, 5) is 19.1. The van der Waals surface area contributed by atoms with E-state index in [0.29, 0.717) is 6.42 Å². The monoisotopic (exact) mass is 215 g/mol. The van der Waals surface area contributed by atoms with Gasteiger partial charge in [0.1, 0.15) is 0 Å². The third-order valence-electron chi connectivity index (χ3n) is 3.10. The van der Waals surface area contributed by atoms with Crippen molar-refractivity contribution < 1.29 is 4.79 Å². The maximum Gasteiger partial charge on any atom is 0.211 e. The van der Waals surface area contributed by atoms with Crippen LogP contribution >= 0.6 is 0 Å². The number of nitrogens with one attached hydrogen (secondary N) is 1. The van der Waals surface area contributed by atoms with Crippen LogP contribution in [0.3, 0.4) is 0 Å². The summed E-state index contributed by atoms with van der Waals surface area (Å²) in [5, 5.41) is 0. The minimum absolute atomic E-state index is 0.259. The molecule has 3 rings (SSSR count). The normalized spacial score (nSPS) is 15.2. The van der Waals surface area contributed by atoms with E-state index in [0.717, 1.165) is 35.7 Å². The van der Waals surface area contributed by atoms with Crippen LogP contribution in [0.2, 0.25) is 0 Å². The van der Waals surface area contributed by atoms with Crippen LogP contribution < -0.4 is 0 Å². The predicted molar refractivity (Wildman–Crippen MR) is 59.9 cm³/mol. The molecule has 4 nitrogen and oxygen atoms in total. The number of ketones is 1. The molecule has 0 spiro atoms. The average molecular weight is 215 g/mol.